The van der Waals surface area contributed by atoms with E-state index in [1.54, 1.807) is 18.2 Å². The normalized spacial score (nSPS) is 20.3. The lowest BCUT2D eigenvalue weighted by molar-refractivity contribution is -0.0586. The van der Waals surface area contributed by atoms with E-state index in [2.05, 4.69) is 17.2 Å². The van der Waals surface area contributed by atoms with Crippen LogP contribution in [0, 0.1) is 0 Å². The molecule has 1 heterocycles. The van der Waals surface area contributed by atoms with Gasteiger partial charge in [0.2, 0.25) is 0 Å². The van der Waals surface area contributed by atoms with Gasteiger partial charge in [0.25, 0.3) is 5.91 Å². The third kappa shape index (κ3) is 5.09. The molecule has 0 unspecified atom stereocenters. The minimum Gasteiger partial charge on any atom is -0.372 e. The van der Waals surface area contributed by atoms with Crippen molar-refractivity contribution >= 4 is 11.9 Å². The number of benzene rings is 1. The molecule has 2 rings (SSSR count). The number of rotatable bonds is 5. The van der Waals surface area contributed by atoms with Crippen molar-refractivity contribution in [3.63, 3.8) is 0 Å². The molecule has 1 aromatic carbocycles. The van der Waals surface area contributed by atoms with Gasteiger partial charge in [-0.25, -0.2) is 4.79 Å². The molecule has 3 amide bonds. The van der Waals surface area contributed by atoms with E-state index in [0.29, 0.717) is 31.7 Å². The summed E-state index contributed by atoms with van der Waals surface area (Å²) < 4.78 is 5.66. The first-order chi connectivity index (χ1) is 11.5. The molecule has 1 aromatic rings. The Morgan fingerprint density at radius 1 is 1.21 bits per heavy atom. The summed E-state index contributed by atoms with van der Waals surface area (Å²) in [5, 5.41) is 5.39. The van der Waals surface area contributed by atoms with Crippen LogP contribution in [-0.4, -0.2) is 48.7 Å². The van der Waals surface area contributed by atoms with Crippen LogP contribution in [0.5, 0.6) is 0 Å². The second-order valence-electron chi connectivity index (χ2n) is 6.02. The standard InChI is InChI=1S/C18H25N3O3/c1-4-9-19-18(23)20-10-15-5-7-16(8-6-15)17(22)21-11-13(2)24-14(3)12-21/h4-8,13-14H,1,9-12H2,2-3H3,(H2,19,20,23)/t13-,14-/m0/s1. The summed E-state index contributed by atoms with van der Waals surface area (Å²) in [5.74, 6) is 0.0141. The maximum Gasteiger partial charge on any atom is 0.315 e. The fraction of sp³-hybridized carbons (Fsp3) is 0.444. The number of hydrogen-bond acceptors (Lipinski definition) is 3. The number of morpholine rings is 1. The van der Waals surface area contributed by atoms with Crippen LogP contribution in [0.15, 0.2) is 36.9 Å². The number of hydrogen-bond donors (Lipinski definition) is 2. The second-order valence-corrected chi connectivity index (χ2v) is 6.02. The highest BCUT2D eigenvalue weighted by molar-refractivity contribution is 5.94. The molecule has 6 nitrogen and oxygen atoms in total. The molecule has 0 aromatic heterocycles. The minimum atomic E-state index is -0.244. The Morgan fingerprint density at radius 3 is 2.42 bits per heavy atom. The SMILES string of the molecule is C=CCNC(=O)NCc1ccc(C(=O)N2C[C@H](C)O[C@@H](C)C2)cc1. The van der Waals surface area contributed by atoms with E-state index in [-0.39, 0.29) is 24.1 Å². The highest BCUT2D eigenvalue weighted by atomic mass is 16.5. The lowest BCUT2D eigenvalue weighted by atomic mass is 10.1. The van der Waals surface area contributed by atoms with Crippen LogP contribution in [0.1, 0.15) is 29.8 Å². The lowest BCUT2D eigenvalue weighted by Crippen LogP contribution is -2.48. The van der Waals surface area contributed by atoms with Gasteiger partial charge in [0.1, 0.15) is 0 Å². The second kappa shape index (κ2) is 8.49. The lowest BCUT2D eigenvalue weighted by Gasteiger charge is -2.35. The molecule has 0 radical (unpaired) electrons. The smallest absolute Gasteiger partial charge is 0.315 e. The average Bonchev–Trinajstić information content (AvgIpc) is 2.57. The Labute approximate surface area is 142 Å². The number of carbonyl (C=O) groups excluding carboxylic acids is 2. The van der Waals surface area contributed by atoms with Gasteiger partial charge in [-0.15, -0.1) is 6.58 Å². The topological polar surface area (TPSA) is 70.7 Å². The van der Waals surface area contributed by atoms with Crippen LogP contribution in [-0.2, 0) is 11.3 Å². The van der Waals surface area contributed by atoms with Gasteiger partial charge in [-0.3, -0.25) is 4.79 Å². The molecule has 2 atom stereocenters. The van der Waals surface area contributed by atoms with Gasteiger partial charge in [0.05, 0.1) is 12.2 Å². The first-order valence-corrected chi connectivity index (χ1v) is 8.16. The summed E-state index contributed by atoms with van der Waals surface area (Å²) in [4.78, 5) is 25.9. The number of amides is 3. The van der Waals surface area contributed by atoms with Gasteiger partial charge in [-0.2, -0.15) is 0 Å². The third-order valence-electron chi connectivity index (χ3n) is 3.77. The van der Waals surface area contributed by atoms with Crippen LogP contribution in [0.3, 0.4) is 0 Å². The number of nitrogens with zero attached hydrogens (tertiary/aromatic N) is 1. The molecule has 1 saturated heterocycles. The molecular formula is C18H25N3O3. The first-order valence-electron chi connectivity index (χ1n) is 8.16. The average molecular weight is 331 g/mol. The maximum atomic E-state index is 12.6. The van der Waals surface area contributed by atoms with Crippen LogP contribution in [0.2, 0.25) is 0 Å². The fourth-order valence-corrected chi connectivity index (χ4v) is 2.70. The van der Waals surface area contributed by atoms with Crippen molar-refractivity contribution in [2.24, 2.45) is 0 Å². The quantitative estimate of drug-likeness (QED) is 0.810. The Kier molecular flexibility index (Phi) is 6.37. The molecule has 1 aliphatic heterocycles. The minimum absolute atomic E-state index is 0.0141. The molecule has 2 N–H and O–H groups in total. The Balaban J connectivity index is 1.90. The predicted molar refractivity (Wildman–Crippen MR) is 92.8 cm³/mol. The van der Waals surface area contributed by atoms with Crippen LogP contribution in [0.4, 0.5) is 4.79 Å². The van der Waals surface area contributed by atoms with Crippen molar-refractivity contribution in [3.05, 3.63) is 48.0 Å². The summed E-state index contributed by atoms with van der Waals surface area (Å²) in [6, 6.07) is 7.06. The Hall–Kier alpha value is -2.34. The van der Waals surface area contributed by atoms with Crippen molar-refractivity contribution in [2.75, 3.05) is 19.6 Å². The van der Waals surface area contributed by atoms with E-state index in [4.69, 9.17) is 4.74 Å². The Bertz CT molecular complexity index is 576. The van der Waals surface area contributed by atoms with Gasteiger partial charge in [0, 0.05) is 31.7 Å². The molecule has 1 fully saturated rings. The molecule has 0 aliphatic carbocycles. The van der Waals surface area contributed by atoms with Gasteiger partial charge < -0.3 is 20.3 Å². The molecule has 0 spiro atoms. The van der Waals surface area contributed by atoms with Gasteiger partial charge in [0.15, 0.2) is 0 Å². The summed E-state index contributed by atoms with van der Waals surface area (Å²) in [5.41, 5.74) is 1.58. The van der Waals surface area contributed by atoms with E-state index < -0.39 is 0 Å². The van der Waals surface area contributed by atoms with Gasteiger partial charge >= 0.3 is 6.03 Å². The molecular weight excluding hydrogens is 306 g/mol. The molecule has 130 valence electrons. The molecule has 0 saturated carbocycles. The van der Waals surface area contributed by atoms with E-state index >= 15 is 0 Å². The highest BCUT2D eigenvalue weighted by Gasteiger charge is 2.26. The highest BCUT2D eigenvalue weighted by Crippen LogP contribution is 2.15. The van der Waals surface area contributed by atoms with E-state index in [1.165, 1.54) is 0 Å². The molecule has 6 heteroatoms. The largest absolute Gasteiger partial charge is 0.372 e. The summed E-state index contributed by atoms with van der Waals surface area (Å²) >= 11 is 0. The number of nitrogens with one attached hydrogen (secondary N) is 2. The summed E-state index contributed by atoms with van der Waals surface area (Å²) in [7, 11) is 0. The van der Waals surface area contributed by atoms with Crippen LogP contribution in [0.25, 0.3) is 0 Å². The number of ether oxygens (including phenoxy) is 1. The zero-order chi connectivity index (χ0) is 17.5. The van der Waals surface area contributed by atoms with E-state index in [1.807, 2.05) is 30.9 Å². The van der Waals surface area contributed by atoms with Crippen molar-refractivity contribution in [1.29, 1.82) is 0 Å². The number of urea groups is 1. The van der Waals surface area contributed by atoms with Gasteiger partial charge in [-0.1, -0.05) is 18.2 Å². The van der Waals surface area contributed by atoms with E-state index in [0.717, 1.165) is 5.56 Å². The van der Waals surface area contributed by atoms with Crippen LogP contribution >= 0.6 is 0 Å². The third-order valence-corrected chi connectivity index (χ3v) is 3.77. The Morgan fingerprint density at radius 2 is 1.83 bits per heavy atom. The monoisotopic (exact) mass is 331 g/mol. The molecule has 24 heavy (non-hydrogen) atoms. The predicted octanol–water partition coefficient (Wildman–Crippen LogP) is 1.92. The van der Waals surface area contributed by atoms with E-state index in [9.17, 15) is 9.59 Å². The summed E-state index contributed by atoms with van der Waals surface area (Å²) in [6.07, 6.45) is 1.72. The number of carbonyl (C=O) groups is 2. The zero-order valence-corrected chi connectivity index (χ0v) is 14.2. The summed E-state index contributed by atoms with van der Waals surface area (Å²) in [6.45, 7) is 9.53. The van der Waals surface area contributed by atoms with Crippen molar-refractivity contribution in [3.8, 4) is 0 Å². The van der Waals surface area contributed by atoms with Crippen molar-refractivity contribution < 1.29 is 14.3 Å². The molecule has 0 bridgehead atoms. The molecule has 1 aliphatic rings. The maximum absolute atomic E-state index is 12.6. The van der Waals surface area contributed by atoms with Crippen molar-refractivity contribution in [2.45, 2.75) is 32.6 Å². The fourth-order valence-electron chi connectivity index (χ4n) is 2.70. The van der Waals surface area contributed by atoms with Crippen LogP contribution < -0.4 is 10.6 Å². The zero-order valence-electron chi connectivity index (χ0n) is 14.2. The van der Waals surface area contributed by atoms with Gasteiger partial charge in [-0.05, 0) is 31.5 Å². The first kappa shape index (κ1) is 18.0. The van der Waals surface area contributed by atoms with Crippen molar-refractivity contribution in [1.82, 2.24) is 15.5 Å².